The van der Waals surface area contributed by atoms with Crippen molar-refractivity contribution >= 4 is 0 Å². The number of rotatable bonds is 4. The molecule has 8 nitrogen and oxygen atoms in total. The summed E-state index contributed by atoms with van der Waals surface area (Å²) >= 11 is 0. The molecule has 3 aromatic heterocycles. The van der Waals surface area contributed by atoms with Crippen LogP contribution in [0.1, 0.15) is 34.1 Å². The topological polar surface area (TPSA) is 102 Å². The van der Waals surface area contributed by atoms with Crippen molar-refractivity contribution in [3.8, 4) is 34.1 Å². The Morgan fingerprint density at radius 1 is 1.15 bits per heavy atom. The summed E-state index contributed by atoms with van der Waals surface area (Å²) in [5.74, 6) is 0.109. The zero-order valence-corrected chi connectivity index (χ0v) is 19.3. The van der Waals surface area contributed by atoms with Crippen LogP contribution in [0.25, 0.3) is 22.5 Å². The molecule has 1 fully saturated rings. The van der Waals surface area contributed by atoms with E-state index in [-0.39, 0.29) is 28.4 Å². The van der Waals surface area contributed by atoms with Gasteiger partial charge in [0.1, 0.15) is 23.2 Å². The SMILES string of the molecule is Cn1ccc(-c2cnc(-c3ccc(O[C@@H]4CC(C)(C)NC(C)(C)[C@@H]4F)nn3)c(O)c2)cc1=O. The number of alkyl halides is 1. The first-order valence-corrected chi connectivity index (χ1v) is 10.8. The van der Waals surface area contributed by atoms with Crippen LogP contribution in [0.4, 0.5) is 4.39 Å². The van der Waals surface area contributed by atoms with Crippen molar-refractivity contribution in [3.63, 3.8) is 0 Å². The van der Waals surface area contributed by atoms with E-state index in [9.17, 15) is 14.3 Å². The average Bonchev–Trinajstić information content (AvgIpc) is 2.73. The van der Waals surface area contributed by atoms with Crippen molar-refractivity contribution in [3.05, 3.63) is 53.1 Å². The minimum atomic E-state index is -1.22. The van der Waals surface area contributed by atoms with Gasteiger partial charge in [-0.2, -0.15) is 0 Å². The van der Waals surface area contributed by atoms with Crippen molar-refractivity contribution in [1.82, 2.24) is 25.1 Å². The Morgan fingerprint density at radius 3 is 2.55 bits per heavy atom. The first kappa shape index (κ1) is 22.8. The van der Waals surface area contributed by atoms with Crippen LogP contribution in [0.5, 0.6) is 11.6 Å². The van der Waals surface area contributed by atoms with Crippen LogP contribution in [0.2, 0.25) is 0 Å². The standard InChI is InChI=1S/C24H28FN5O3/c1-23(2)12-18(22(25)24(3,4)29-23)33-19-7-6-16(27-28-19)21-17(31)10-15(13-26-21)14-8-9-30(5)20(32)11-14/h6-11,13,18,22,29,31H,12H2,1-5H3/t18-,22-/m1/s1. The number of nitrogens with one attached hydrogen (secondary N) is 1. The molecule has 1 saturated heterocycles. The zero-order valence-electron chi connectivity index (χ0n) is 19.3. The highest BCUT2D eigenvalue weighted by Crippen LogP contribution is 2.34. The van der Waals surface area contributed by atoms with E-state index in [4.69, 9.17) is 4.74 Å². The average molecular weight is 454 g/mol. The normalized spacial score (nSPS) is 21.5. The van der Waals surface area contributed by atoms with Crippen LogP contribution in [0.15, 0.2) is 47.5 Å². The molecule has 0 radical (unpaired) electrons. The molecule has 0 aromatic carbocycles. The number of halogens is 1. The van der Waals surface area contributed by atoms with Gasteiger partial charge in [-0.15, -0.1) is 10.2 Å². The minimum absolute atomic E-state index is 0.0955. The van der Waals surface area contributed by atoms with Gasteiger partial charge in [0.25, 0.3) is 5.56 Å². The summed E-state index contributed by atoms with van der Waals surface area (Å²) in [4.78, 5) is 16.2. The highest BCUT2D eigenvalue weighted by atomic mass is 19.1. The van der Waals surface area contributed by atoms with Crippen molar-refractivity contribution in [2.45, 2.75) is 57.5 Å². The number of aromatic nitrogens is 4. The maximum absolute atomic E-state index is 15.0. The molecule has 0 aliphatic carbocycles. The summed E-state index contributed by atoms with van der Waals surface area (Å²) < 4.78 is 22.3. The number of hydrogen-bond donors (Lipinski definition) is 2. The molecule has 4 rings (SSSR count). The Kier molecular flexibility index (Phi) is 5.69. The second-order valence-electron chi connectivity index (χ2n) is 9.71. The van der Waals surface area contributed by atoms with E-state index in [1.54, 1.807) is 37.6 Å². The number of nitrogens with zero attached hydrogens (tertiary/aromatic N) is 4. The largest absolute Gasteiger partial charge is 0.506 e. The third-order valence-corrected chi connectivity index (χ3v) is 5.85. The quantitative estimate of drug-likeness (QED) is 0.625. The number of pyridine rings is 2. The summed E-state index contributed by atoms with van der Waals surface area (Å²) in [6.45, 7) is 7.65. The van der Waals surface area contributed by atoms with Gasteiger partial charge in [-0.05, 0) is 51.5 Å². The Hall–Kier alpha value is -3.33. The molecule has 4 heterocycles. The first-order valence-electron chi connectivity index (χ1n) is 10.8. The summed E-state index contributed by atoms with van der Waals surface area (Å²) in [7, 11) is 1.66. The van der Waals surface area contributed by atoms with Gasteiger partial charge in [-0.3, -0.25) is 4.79 Å². The molecular weight excluding hydrogens is 425 g/mol. The summed E-state index contributed by atoms with van der Waals surface area (Å²) in [6.07, 6.45) is 1.80. The lowest BCUT2D eigenvalue weighted by Gasteiger charge is -2.48. The van der Waals surface area contributed by atoms with E-state index in [1.165, 1.54) is 16.7 Å². The van der Waals surface area contributed by atoms with Crippen molar-refractivity contribution in [2.75, 3.05) is 0 Å². The monoisotopic (exact) mass is 453 g/mol. The fourth-order valence-corrected chi connectivity index (χ4v) is 4.37. The Labute approximate surface area is 191 Å². The molecule has 2 atom stereocenters. The van der Waals surface area contributed by atoms with Crippen molar-refractivity contribution in [2.24, 2.45) is 7.05 Å². The molecule has 0 amide bonds. The van der Waals surface area contributed by atoms with E-state index >= 15 is 0 Å². The molecule has 0 unspecified atom stereocenters. The Balaban J connectivity index is 1.53. The van der Waals surface area contributed by atoms with Crippen LogP contribution < -0.4 is 15.6 Å². The van der Waals surface area contributed by atoms with E-state index < -0.39 is 17.8 Å². The fourth-order valence-electron chi connectivity index (χ4n) is 4.37. The molecule has 1 aliphatic heterocycles. The van der Waals surface area contributed by atoms with Crippen LogP contribution in [-0.2, 0) is 7.05 Å². The number of aryl methyl sites for hydroxylation is 1. The van der Waals surface area contributed by atoms with Gasteiger partial charge in [0.2, 0.25) is 5.88 Å². The molecule has 0 spiro atoms. The van der Waals surface area contributed by atoms with Gasteiger partial charge < -0.3 is 19.7 Å². The highest BCUT2D eigenvalue weighted by Gasteiger charge is 2.47. The maximum atomic E-state index is 15.0. The molecule has 1 aliphatic rings. The predicted molar refractivity (Wildman–Crippen MR) is 123 cm³/mol. The van der Waals surface area contributed by atoms with Gasteiger partial charge in [-0.1, -0.05) is 0 Å². The summed E-state index contributed by atoms with van der Waals surface area (Å²) in [5.41, 5.74) is 0.661. The van der Waals surface area contributed by atoms with E-state index in [1.807, 2.05) is 27.7 Å². The molecule has 0 saturated carbocycles. The first-order chi connectivity index (χ1) is 15.4. The van der Waals surface area contributed by atoms with Gasteiger partial charge in [0.15, 0.2) is 6.17 Å². The number of hydrogen-bond acceptors (Lipinski definition) is 7. The van der Waals surface area contributed by atoms with Gasteiger partial charge in [0, 0.05) is 54.6 Å². The van der Waals surface area contributed by atoms with Crippen LogP contribution in [0.3, 0.4) is 0 Å². The summed E-state index contributed by atoms with van der Waals surface area (Å²) in [6, 6.07) is 7.98. The van der Waals surface area contributed by atoms with E-state index in [2.05, 4.69) is 20.5 Å². The predicted octanol–water partition coefficient (Wildman–Crippen LogP) is 3.25. The molecule has 3 aromatic rings. The number of piperidine rings is 1. The number of aromatic hydroxyl groups is 1. The Bertz CT molecular complexity index is 1220. The summed E-state index contributed by atoms with van der Waals surface area (Å²) in [5, 5.41) is 22.0. The Morgan fingerprint density at radius 2 is 1.91 bits per heavy atom. The second kappa shape index (κ2) is 8.22. The van der Waals surface area contributed by atoms with Crippen LogP contribution in [-0.4, -0.2) is 48.2 Å². The van der Waals surface area contributed by atoms with Crippen molar-refractivity contribution < 1.29 is 14.2 Å². The lowest BCUT2D eigenvalue weighted by Crippen LogP contribution is -2.66. The molecule has 0 bridgehead atoms. The lowest BCUT2D eigenvalue weighted by atomic mass is 9.79. The highest BCUT2D eigenvalue weighted by molar-refractivity contribution is 5.70. The minimum Gasteiger partial charge on any atom is -0.506 e. The lowest BCUT2D eigenvalue weighted by molar-refractivity contribution is -0.0281. The second-order valence-corrected chi connectivity index (χ2v) is 9.71. The zero-order chi connectivity index (χ0) is 24.0. The molecule has 33 heavy (non-hydrogen) atoms. The molecule has 9 heteroatoms. The van der Waals surface area contributed by atoms with Gasteiger partial charge in [-0.25, -0.2) is 9.37 Å². The molecule has 174 valence electrons. The third kappa shape index (κ3) is 4.73. The number of ether oxygens (including phenoxy) is 1. The fraction of sp³-hybridized carbons (Fsp3) is 0.417. The van der Waals surface area contributed by atoms with Crippen LogP contribution >= 0.6 is 0 Å². The van der Waals surface area contributed by atoms with Crippen molar-refractivity contribution in [1.29, 1.82) is 0 Å². The smallest absolute Gasteiger partial charge is 0.250 e. The van der Waals surface area contributed by atoms with E-state index in [0.717, 1.165) is 0 Å². The van der Waals surface area contributed by atoms with Gasteiger partial charge >= 0.3 is 0 Å². The maximum Gasteiger partial charge on any atom is 0.250 e. The third-order valence-electron chi connectivity index (χ3n) is 5.85. The molecular formula is C24H28FN5O3. The molecule has 2 N–H and O–H groups in total. The van der Waals surface area contributed by atoms with Gasteiger partial charge in [0.05, 0.1) is 0 Å². The van der Waals surface area contributed by atoms with Crippen LogP contribution in [0, 0.1) is 0 Å². The van der Waals surface area contributed by atoms with E-state index in [0.29, 0.717) is 23.2 Å².